The van der Waals surface area contributed by atoms with Gasteiger partial charge >= 0.3 is 11.9 Å². The minimum Gasteiger partial charge on any atom is -0.462 e. The third kappa shape index (κ3) is 5.20. The summed E-state index contributed by atoms with van der Waals surface area (Å²) >= 11 is 12.8. The van der Waals surface area contributed by atoms with Crippen molar-refractivity contribution >= 4 is 64.2 Å². The van der Waals surface area contributed by atoms with Gasteiger partial charge in [0.2, 0.25) is 11.8 Å². The summed E-state index contributed by atoms with van der Waals surface area (Å²) in [5.74, 6) is -3.29. The number of benzene rings is 2. The summed E-state index contributed by atoms with van der Waals surface area (Å²) in [5, 5.41) is 1.92. The number of alkyl halides is 2. The first-order valence-electron chi connectivity index (χ1n) is 13.1. The summed E-state index contributed by atoms with van der Waals surface area (Å²) in [5.41, 5.74) is 1.28. The number of halogens is 2. The van der Waals surface area contributed by atoms with Crippen LogP contribution in [-0.2, 0) is 23.9 Å². The van der Waals surface area contributed by atoms with Crippen LogP contribution in [0.2, 0.25) is 0 Å². The maximum absolute atomic E-state index is 13.1. The zero-order chi connectivity index (χ0) is 28.7. The number of nitrogens with zero attached hydrogens (tertiary/aromatic N) is 1. The van der Waals surface area contributed by atoms with E-state index in [0.717, 1.165) is 4.90 Å². The van der Waals surface area contributed by atoms with Crippen molar-refractivity contribution in [3.8, 4) is 0 Å². The third-order valence-electron chi connectivity index (χ3n) is 7.63. The molecule has 1 heterocycles. The number of anilines is 2. The van der Waals surface area contributed by atoms with Gasteiger partial charge in [-0.05, 0) is 72.7 Å². The summed E-state index contributed by atoms with van der Waals surface area (Å²) in [7, 11) is 0. The van der Waals surface area contributed by atoms with Gasteiger partial charge < -0.3 is 14.8 Å². The molecule has 1 saturated heterocycles. The fourth-order valence-electron chi connectivity index (χ4n) is 5.78. The van der Waals surface area contributed by atoms with E-state index in [1.165, 1.54) is 36.4 Å². The van der Waals surface area contributed by atoms with Gasteiger partial charge in [0.05, 0.1) is 46.0 Å². The van der Waals surface area contributed by atoms with E-state index < -0.39 is 36.3 Å². The zero-order valence-corrected chi connectivity index (χ0v) is 23.4. The molecule has 2 saturated carbocycles. The van der Waals surface area contributed by atoms with Crippen molar-refractivity contribution in [2.75, 3.05) is 23.4 Å². The normalized spacial score (nSPS) is 26.7. The van der Waals surface area contributed by atoms with Crippen molar-refractivity contribution in [3.05, 3.63) is 59.7 Å². The first-order chi connectivity index (χ1) is 19.1. The molecule has 40 heavy (non-hydrogen) atoms. The topological polar surface area (TPSA) is 119 Å². The van der Waals surface area contributed by atoms with Crippen LogP contribution in [0.3, 0.4) is 0 Å². The number of ether oxygens (including phenoxy) is 2. The lowest BCUT2D eigenvalue weighted by molar-refractivity contribution is -0.123. The number of rotatable bonds is 8. The SMILES string of the molecule is CC(C)COC(=O)c1ccc(NC(=O)COC(=O)c2ccc(N3C(=O)[C@@H]4[C@H]5C[C@@H]([C@@H](Cl)[C@H]5Cl)[C@H]4C3=O)cc2)cc1. The van der Waals surface area contributed by atoms with Crippen LogP contribution >= 0.6 is 23.2 Å². The van der Waals surface area contributed by atoms with Crippen LogP contribution in [0, 0.1) is 29.6 Å². The van der Waals surface area contributed by atoms with E-state index >= 15 is 0 Å². The van der Waals surface area contributed by atoms with Crippen LogP contribution in [-0.4, -0.2) is 53.6 Å². The number of imide groups is 1. The Bertz CT molecular complexity index is 1310. The minimum atomic E-state index is -0.742. The van der Waals surface area contributed by atoms with E-state index in [4.69, 9.17) is 32.7 Å². The average Bonchev–Trinajstić information content (AvgIpc) is 3.55. The van der Waals surface area contributed by atoms with Gasteiger partial charge in [-0.25, -0.2) is 9.59 Å². The van der Waals surface area contributed by atoms with Crippen LogP contribution in [0.5, 0.6) is 0 Å². The van der Waals surface area contributed by atoms with Gasteiger partial charge in [0.1, 0.15) is 0 Å². The van der Waals surface area contributed by atoms with Crippen LogP contribution in [0.4, 0.5) is 11.4 Å². The molecular weight excluding hydrogens is 559 g/mol. The van der Waals surface area contributed by atoms with Gasteiger partial charge in [0.25, 0.3) is 5.91 Å². The molecule has 6 atom stereocenters. The lowest BCUT2D eigenvalue weighted by atomic mass is 9.80. The average molecular weight is 587 g/mol. The molecule has 3 amide bonds. The second-order valence-corrected chi connectivity index (χ2v) is 11.8. The number of nitrogens with one attached hydrogen (secondary N) is 1. The molecule has 0 radical (unpaired) electrons. The van der Waals surface area contributed by atoms with Crippen molar-refractivity contribution in [2.24, 2.45) is 29.6 Å². The maximum atomic E-state index is 13.1. The Morgan fingerprint density at radius 1 is 0.850 bits per heavy atom. The maximum Gasteiger partial charge on any atom is 0.338 e. The lowest BCUT2D eigenvalue weighted by Crippen LogP contribution is -2.37. The standard InChI is InChI=1S/C29H28Cl2N2O7/c1-14(2)12-39-28(37)15-3-7-17(8-4-15)32-21(34)13-40-29(38)16-5-9-18(10-6-16)33-26(35)22-19-11-20(23(22)27(33)36)25(31)24(19)30/h3-10,14,19-20,22-25H,11-13H2,1-2H3,(H,32,34)/t19-,20-,22-,23-,24-,25+/m1/s1. The predicted molar refractivity (Wildman–Crippen MR) is 147 cm³/mol. The molecule has 3 aliphatic rings. The van der Waals surface area contributed by atoms with Gasteiger partial charge in [-0.1, -0.05) is 13.8 Å². The summed E-state index contributed by atoms with van der Waals surface area (Å²) in [6.07, 6.45) is 0.680. The van der Waals surface area contributed by atoms with Gasteiger partial charge in [-0.3, -0.25) is 19.3 Å². The predicted octanol–water partition coefficient (Wildman–Crippen LogP) is 4.27. The molecule has 1 aliphatic heterocycles. The van der Waals surface area contributed by atoms with Crippen LogP contribution < -0.4 is 10.2 Å². The molecular formula is C29H28Cl2N2O7. The molecule has 5 rings (SSSR count). The van der Waals surface area contributed by atoms with E-state index in [9.17, 15) is 24.0 Å². The fraction of sp³-hybridized carbons (Fsp3) is 0.414. The van der Waals surface area contributed by atoms with Crippen molar-refractivity contribution in [3.63, 3.8) is 0 Å². The molecule has 2 aliphatic carbocycles. The Kier molecular flexibility index (Phi) is 7.88. The zero-order valence-electron chi connectivity index (χ0n) is 21.8. The van der Waals surface area contributed by atoms with Crippen molar-refractivity contribution in [1.29, 1.82) is 0 Å². The van der Waals surface area contributed by atoms with Crippen molar-refractivity contribution < 1.29 is 33.4 Å². The van der Waals surface area contributed by atoms with E-state index in [1.54, 1.807) is 12.1 Å². The molecule has 0 unspecified atom stereocenters. The highest BCUT2D eigenvalue weighted by molar-refractivity contribution is 6.32. The number of esters is 2. The highest BCUT2D eigenvalue weighted by Crippen LogP contribution is 2.59. The number of hydrogen-bond donors (Lipinski definition) is 1. The van der Waals surface area contributed by atoms with Crippen LogP contribution in [0.25, 0.3) is 0 Å². The fourth-order valence-corrected chi connectivity index (χ4v) is 6.67. The monoisotopic (exact) mass is 586 g/mol. The Morgan fingerprint density at radius 2 is 1.35 bits per heavy atom. The Morgan fingerprint density at radius 3 is 1.88 bits per heavy atom. The molecule has 9 nitrogen and oxygen atoms in total. The lowest BCUT2D eigenvalue weighted by Gasteiger charge is -2.28. The third-order valence-corrected chi connectivity index (χ3v) is 8.95. The highest BCUT2D eigenvalue weighted by atomic mass is 35.5. The second kappa shape index (κ2) is 11.2. The molecule has 2 bridgehead atoms. The van der Waals surface area contributed by atoms with Gasteiger partial charge in [0.15, 0.2) is 6.61 Å². The van der Waals surface area contributed by atoms with Crippen molar-refractivity contribution in [1.82, 2.24) is 0 Å². The van der Waals surface area contributed by atoms with Gasteiger partial charge in [0, 0.05) is 5.69 Å². The summed E-state index contributed by atoms with van der Waals surface area (Å²) in [6.45, 7) is 3.65. The first-order valence-corrected chi connectivity index (χ1v) is 13.9. The number of carbonyl (C=O) groups excluding carboxylic acids is 5. The molecule has 2 aromatic carbocycles. The molecule has 0 aromatic heterocycles. The van der Waals surface area contributed by atoms with E-state index in [-0.39, 0.29) is 45.9 Å². The first kappa shape index (κ1) is 28.1. The number of carbonyl (C=O) groups is 5. The number of amides is 3. The van der Waals surface area contributed by atoms with E-state index in [0.29, 0.717) is 30.0 Å². The summed E-state index contributed by atoms with van der Waals surface area (Å²) in [4.78, 5) is 64.2. The Labute approximate surface area is 241 Å². The van der Waals surface area contributed by atoms with Crippen LogP contribution in [0.15, 0.2) is 48.5 Å². The number of fused-ring (bicyclic) bond motifs is 5. The van der Waals surface area contributed by atoms with Crippen molar-refractivity contribution in [2.45, 2.75) is 31.0 Å². The Balaban J connectivity index is 1.13. The van der Waals surface area contributed by atoms with E-state index in [1.807, 2.05) is 13.8 Å². The molecule has 2 aromatic rings. The molecule has 1 N–H and O–H groups in total. The molecule has 11 heteroatoms. The summed E-state index contributed by atoms with van der Waals surface area (Å²) < 4.78 is 10.3. The van der Waals surface area contributed by atoms with Gasteiger partial charge in [-0.2, -0.15) is 0 Å². The highest BCUT2D eigenvalue weighted by Gasteiger charge is 2.66. The molecule has 210 valence electrons. The minimum absolute atomic E-state index is 0.120. The second-order valence-electron chi connectivity index (χ2n) is 10.8. The van der Waals surface area contributed by atoms with E-state index in [2.05, 4.69) is 5.32 Å². The van der Waals surface area contributed by atoms with Gasteiger partial charge in [-0.15, -0.1) is 23.2 Å². The Hall–Kier alpha value is -3.43. The summed E-state index contributed by atoms with van der Waals surface area (Å²) in [6, 6.07) is 12.0. The molecule has 3 fully saturated rings. The molecule has 0 spiro atoms. The van der Waals surface area contributed by atoms with Crippen LogP contribution in [0.1, 0.15) is 41.0 Å². The number of hydrogen-bond acceptors (Lipinski definition) is 7. The quantitative estimate of drug-likeness (QED) is 0.279. The smallest absolute Gasteiger partial charge is 0.338 e. The largest absolute Gasteiger partial charge is 0.462 e.